The molecule has 6 rings (SSSR count). The van der Waals surface area contributed by atoms with Crippen molar-refractivity contribution in [3.8, 4) is 0 Å². The van der Waals surface area contributed by atoms with Crippen LogP contribution in [-0.2, 0) is 0 Å². The van der Waals surface area contributed by atoms with E-state index in [0.717, 1.165) is 11.4 Å². The molecule has 4 aromatic rings. The van der Waals surface area contributed by atoms with Gasteiger partial charge in [0.25, 0.3) is 5.91 Å². The van der Waals surface area contributed by atoms with E-state index in [9.17, 15) is 9.90 Å². The molecule has 1 aliphatic carbocycles. The van der Waals surface area contributed by atoms with Crippen molar-refractivity contribution in [1.82, 2.24) is 25.2 Å². The maximum atomic E-state index is 13.1. The number of nitrogens with one attached hydrogen (secondary N) is 3. The van der Waals surface area contributed by atoms with Gasteiger partial charge < -0.3 is 20.6 Å². The maximum absolute atomic E-state index is 13.1. The van der Waals surface area contributed by atoms with Crippen LogP contribution in [0.1, 0.15) is 22.4 Å². The number of anilines is 4. The van der Waals surface area contributed by atoms with Gasteiger partial charge in [0.15, 0.2) is 0 Å². The fourth-order valence-corrected chi connectivity index (χ4v) is 4.90. The fraction of sp³-hybridized carbons (Fsp3) is 0.214. The third-order valence-corrected chi connectivity index (χ3v) is 6.83. The van der Waals surface area contributed by atoms with Crippen LogP contribution >= 0.6 is 0 Å². The minimum atomic E-state index is -0.915. The normalized spacial score (nSPS) is 20.7. The van der Waals surface area contributed by atoms with Gasteiger partial charge in [-0.1, -0.05) is 42.5 Å². The summed E-state index contributed by atoms with van der Waals surface area (Å²) < 4.78 is 0. The summed E-state index contributed by atoms with van der Waals surface area (Å²) in [4.78, 5) is 28.2. The smallest absolute Gasteiger partial charge is 0.272 e. The molecule has 37 heavy (non-hydrogen) atoms. The van der Waals surface area contributed by atoms with Crippen molar-refractivity contribution in [3.63, 3.8) is 0 Å². The van der Waals surface area contributed by atoms with Crippen molar-refractivity contribution < 1.29 is 9.90 Å². The van der Waals surface area contributed by atoms with Crippen molar-refractivity contribution in [1.29, 1.82) is 0 Å². The SMILES string of the molecule is O=C(c1cccc(Nc2ccccc2)n1)N1CC2[C@@H](C1)[C@@H]2NC(O)c1ccnc(Nc2ccccc2)n1. The van der Waals surface area contributed by atoms with Crippen LogP contribution < -0.4 is 16.0 Å². The van der Waals surface area contributed by atoms with Crippen LogP contribution in [0.4, 0.5) is 23.1 Å². The van der Waals surface area contributed by atoms with E-state index in [0.29, 0.717) is 48.1 Å². The standard InChI is InChI=1S/C28H27N7O2/c36-26(22-14-15-29-28(33-22)31-19-10-5-2-6-11-19)34-25-20-16-35(17-21(20)25)27(37)23-12-7-13-24(32-23)30-18-8-3-1-4-9-18/h1-15,20-21,25-26,34,36H,16-17H2,(H,30,32)(H,29,31,33)/t20-,21?,25+,26?/m1/s1. The van der Waals surface area contributed by atoms with E-state index in [-0.39, 0.29) is 11.9 Å². The number of rotatable bonds is 8. The molecule has 9 nitrogen and oxygen atoms in total. The third-order valence-electron chi connectivity index (χ3n) is 6.83. The summed E-state index contributed by atoms with van der Waals surface area (Å²) in [6.45, 7) is 1.27. The largest absolute Gasteiger partial charge is 0.373 e. The summed E-state index contributed by atoms with van der Waals surface area (Å²) in [6.07, 6.45) is 0.710. The van der Waals surface area contributed by atoms with E-state index in [1.807, 2.05) is 77.7 Å². The number of carbonyl (C=O) groups is 1. The van der Waals surface area contributed by atoms with Crippen molar-refractivity contribution >= 4 is 29.0 Å². The fourth-order valence-electron chi connectivity index (χ4n) is 4.90. The van der Waals surface area contributed by atoms with Crippen molar-refractivity contribution in [2.24, 2.45) is 11.8 Å². The van der Waals surface area contributed by atoms with Gasteiger partial charge in [-0.05, 0) is 54.3 Å². The summed E-state index contributed by atoms with van der Waals surface area (Å²) in [5, 5.41) is 20.4. The third kappa shape index (κ3) is 5.13. The molecule has 2 fully saturated rings. The number of pyridine rings is 1. The molecule has 3 heterocycles. The van der Waals surface area contributed by atoms with E-state index < -0.39 is 6.23 Å². The van der Waals surface area contributed by atoms with Crippen molar-refractivity contribution in [2.45, 2.75) is 12.3 Å². The molecule has 2 aromatic heterocycles. The summed E-state index contributed by atoms with van der Waals surface area (Å²) in [7, 11) is 0. The highest BCUT2D eigenvalue weighted by Gasteiger charge is 2.57. The van der Waals surface area contributed by atoms with Gasteiger partial charge in [0, 0.05) is 36.7 Å². The van der Waals surface area contributed by atoms with Gasteiger partial charge >= 0.3 is 0 Å². The molecule has 2 unspecified atom stereocenters. The highest BCUT2D eigenvalue weighted by atomic mass is 16.3. The zero-order valence-corrected chi connectivity index (χ0v) is 20.0. The zero-order chi connectivity index (χ0) is 25.2. The summed E-state index contributed by atoms with van der Waals surface area (Å²) >= 11 is 0. The molecule has 1 amide bonds. The Hall–Kier alpha value is -4.34. The molecule has 4 N–H and O–H groups in total. The highest BCUT2D eigenvalue weighted by molar-refractivity contribution is 5.93. The summed E-state index contributed by atoms with van der Waals surface area (Å²) in [5.74, 6) is 1.58. The minimum absolute atomic E-state index is 0.0735. The van der Waals surface area contributed by atoms with E-state index in [4.69, 9.17) is 0 Å². The van der Waals surface area contributed by atoms with Crippen LogP contribution in [0.25, 0.3) is 0 Å². The van der Waals surface area contributed by atoms with Crippen LogP contribution in [-0.4, -0.2) is 50.0 Å². The molecular weight excluding hydrogens is 466 g/mol. The van der Waals surface area contributed by atoms with Gasteiger partial charge in [0.1, 0.15) is 17.7 Å². The molecule has 0 radical (unpaired) electrons. The Bertz CT molecular complexity index is 1370. The topological polar surface area (TPSA) is 115 Å². The number of hydrogen-bond acceptors (Lipinski definition) is 8. The monoisotopic (exact) mass is 493 g/mol. The average molecular weight is 494 g/mol. The molecule has 1 saturated carbocycles. The highest BCUT2D eigenvalue weighted by Crippen LogP contribution is 2.46. The number of hydrogen-bond donors (Lipinski definition) is 4. The number of fused-ring (bicyclic) bond motifs is 1. The number of amides is 1. The van der Waals surface area contributed by atoms with Crippen LogP contribution in [0.5, 0.6) is 0 Å². The Morgan fingerprint density at radius 1 is 0.838 bits per heavy atom. The minimum Gasteiger partial charge on any atom is -0.373 e. The Morgan fingerprint density at radius 3 is 2.22 bits per heavy atom. The number of aliphatic hydroxyl groups excluding tert-OH is 1. The van der Waals surface area contributed by atoms with Crippen LogP contribution in [0.15, 0.2) is 91.1 Å². The molecule has 0 spiro atoms. The molecule has 2 aromatic carbocycles. The van der Waals surface area contributed by atoms with E-state index in [2.05, 4.69) is 30.9 Å². The molecular formula is C28H27N7O2. The number of likely N-dealkylation sites (tertiary alicyclic amines) is 1. The second-order valence-electron chi connectivity index (χ2n) is 9.33. The molecule has 0 bridgehead atoms. The number of piperidine rings is 1. The first-order valence-corrected chi connectivity index (χ1v) is 12.3. The van der Waals surface area contributed by atoms with Gasteiger partial charge in [-0.15, -0.1) is 0 Å². The number of aromatic nitrogens is 3. The molecule has 4 atom stereocenters. The number of benzene rings is 2. The van der Waals surface area contributed by atoms with Crippen molar-refractivity contribution in [2.75, 3.05) is 23.7 Å². The van der Waals surface area contributed by atoms with E-state index in [1.54, 1.807) is 18.3 Å². The summed E-state index contributed by atoms with van der Waals surface area (Å²) in [5.41, 5.74) is 2.71. The number of carbonyl (C=O) groups excluding carboxylic acids is 1. The first-order valence-electron chi connectivity index (χ1n) is 12.3. The Morgan fingerprint density at radius 2 is 1.51 bits per heavy atom. The average Bonchev–Trinajstić information content (AvgIpc) is 3.36. The van der Waals surface area contributed by atoms with Gasteiger partial charge in [-0.25, -0.2) is 15.0 Å². The number of nitrogens with zero attached hydrogens (tertiary/aromatic N) is 4. The summed E-state index contributed by atoms with van der Waals surface area (Å²) in [6, 6.07) is 26.7. The molecule has 1 saturated heterocycles. The molecule has 9 heteroatoms. The lowest BCUT2D eigenvalue weighted by atomic mass is 10.2. The Labute approximate surface area is 214 Å². The predicted octanol–water partition coefficient (Wildman–Crippen LogP) is 3.71. The van der Waals surface area contributed by atoms with E-state index in [1.165, 1.54) is 0 Å². The van der Waals surface area contributed by atoms with Gasteiger partial charge in [0.2, 0.25) is 5.95 Å². The lowest BCUT2D eigenvalue weighted by molar-refractivity contribution is 0.0753. The second-order valence-corrected chi connectivity index (χ2v) is 9.33. The van der Waals surface area contributed by atoms with Gasteiger partial charge in [-0.3, -0.25) is 10.1 Å². The Balaban J connectivity index is 1.03. The zero-order valence-electron chi connectivity index (χ0n) is 20.0. The van der Waals surface area contributed by atoms with Gasteiger partial charge in [0.05, 0.1) is 5.69 Å². The molecule has 2 aliphatic rings. The molecule has 186 valence electrons. The predicted molar refractivity (Wildman–Crippen MR) is 140 cm³/mol. The maximum Gasteiger partial charge on any atom is 0.272 e. The van der Waals surface area contributed by atoms with Crippen LogP contribution in [0, 0.1) is 11.8 Å². The van der Waals surface area contributed by atoms with Crippen molar-refractivity contribution in [3.05, 3.63) is 103 Å². The number of para-hydroxylation sites is 2. The number of aliphatic hydroxyl groups is 1. The molecule has 1 aliphatic heterocycles. The second kappa shape index (κ2) is 9.96. The Kier molecular flexibility index (Phi) is 6.21. The first kappa shape index (κ1) is 23.1. The van der Waals surface area contributed by atoms with Crippen LogP contribution in [0.3, 0.4) is 0 Å². The van der Waals surface area contributed by atoms with E-state index >= 15 is 0 Å². The van der Waals surface area contributed by atoms with Crippen LogP contribution in [0.2, 0.25) is 0 Å². The van der Waals surface area contributed by atoms with Gasteiger partial charge in [-0.2, -0.15) is 0 Å². The first-order chi connectivity index (χ1) is 18.1. The quantitative estimate of drug-likeness (QED) is 0.275. The lowest BCUT2D eigenvalue weighted by Crippen LogP contribution is -2.37. The lowest BCUT2D eigenvalue weighted by Gasteiger charge is -2.21.